The number of nitrogens with one attached hydrogen (secondary N) is 2. The number of hydrogen-bond acceptors (Lipinski definition) is 3. The lowest BCUT2D eigenvalue weighted by atomic mass is 9.81. The van der Waals surface area contributed by atoms with Crippen LogP contribution in [0.25, 0.3) is 5.57 Å². The van der Waals surface area contributed by atoms with Crippen molar-refractivity contribution in [1.29, 1.82) is 0 Å². The first-order valence-corrected chi connectivity index (χ1v) is 14.0. The molecular formula is C34H41N3. The van der Waals surface area contributed by atoms with Crippen molar-refractivity contribution < 1.29 is 0 Å². The molecule has 5 rings (SSSR count). The van der Waals surface area contributed by atoms with Gasteiger partial charge in [-0.25, -0.2) is 0 Å². The van der Waals surface area contributed by atoms with Gasteiger partial charge in [-0.3, -0.25) is 4.98 Å². The van der Waals surface area contributed by atoms with Gasteiger partial charge in [0.2, 0.25) is 0 Å². The smallest absolute Gasteiger partial charge is 0.0669 e. The van der Waals surface area contributed by atoms with Gasteiger partial charge in [-0.1, -0.05) is 88.4 Å². The Morgan fingerprint density at radius 2 is 1.59 bits per heavy atom. The van der Waals surface area contributed by atoms with E-state index < -0.39 is 0 Å². The second-order valence-electron chi connectivity index (χ2n) is 11.3. The Morgan fingerprint density at radius 3 is 2.32 bits per heavy atom. The van der Waals surface area contributed by atoms with E-state index in [1.165, 1.54) is 46.5 Å². The Hall–Kier alpha value is -3.33. The fourth-order valence-corrected chi connectivity index (χ4v) is 6.13. The van der Waals surface area contributed by atoms with Crippen molar-refractivity contribution in [3.8, 4) is 0 Å². The normalized spacial score (nSPS) is 20.7. The third kappa shape index (κ3) is 5.37. The first-order valence-electron chi connectivity index (χ1n) is 14.0. The largest absolute Gasteiger partial charge is 0.381 e. The lowest BCUT2D eigenvalue weighted by Crippen LogP contribution is -2.29. The average molecular weight is 492 g/mol. The molecule has 2 aliphatic carbocycles. The summed E-state index contributed by atoms with van der Waals surface area (Å²) in [4.78, 5) is 5.19. The number of aromatic nitrogens is 1. The van der Waals surface area contributed by atoms with Gasteiger partial charge in [-0.05, 0) is 78.0 Å². The van der Waals surface area contributed by atoms with E-state index >= 15 is 0 Å². The van der Waals surface area contributed by atoms with Gasteiger partial charge < -0.3 is 10.6 Å². The molecule has 0 spiro atoms. The molecule has 3 unspecified atom stereocenters. The molecule has 0 amide bonds. The van der Waals surface area contributed by atoms with Crippen molar-refractivity contribution in [3.05, 3.63) is 107 Å². The van der Waals surface area contributed by atoms with Gasteiger partial charge >= 0.3 is 0 Å². The third-order valence-electron chi connectivity index (χ3n) is 8.11. The number of para-hydroxylation sites is 2. The van der Waals surface area contributed by atoms with E-state index in [2.05, 4.69) is 124 Å². The monoisotopic (exact) mass is 491 g/mol. The molecule has 3 nitrogen and oxygen atoms in total. The van der Waals surface area contributed by atoms with Crippen LogP contribution in [0.5, 0.6) is 0 Å². The summed E-state index contributed by atoms with van der Waals surface area (Å²) in [5.74, 6) is 1.94. The molecule has 192 valence electrons. The summed E-state index contributed by atoms with van der Waals surface area (Å²) in [6.07, 6.45) is 9.33. The molecule has 0 saturated heterocycles. The molecular weight excluding hydrogens is 450 g/mol. The molecule has 1 aromatic heterocycles. The minimum atomic E-state index is 0.414. The number of aryl methyl sites for hydroxylation is 1. The standard InChI is InChI=1S/C34H41N3/c1-22(2)27-14-10-15-28(23(3)4)34(27)35-21-26-13-9-18-31(36-26)29-16-8-12-25-19-20-32(33(25)29)37-30-17-7-6-11-24(30)5/h6-18,22-23,25,32-33,35,37H,19-21H2,1-5H3. The summed E-state index contributed by atoms with van der Waals surface area (Å²) < 4.78 is 0. The Balaban J connectivity index is 1.38. The Morgan fingerprint density at radius 1 is 0.865 bits per heavy atom. The second kappa shape index (κ2) is 11.0. The van der Waals surface area contributed by atoms with Gasteiger partial charge in [0.05, 0.1) is 17.9 Å². The molecule has 0 aliphatic heterocycles. The zero-order valence-corrected chi connectivity index (χ0v) is 23.0. The molecule has 2 N–H and O–H groups in total. The van der Waals surface area contributed by atoms with Crippen LogP contribution >= 0.6 is 0 Å². The fourth-order valence-electron chi connectivity index (χ4n) is 6.13. The summed E-state index contributed by atoms with van der Waals surface area (Å²) in [6.45, 7) is 12.0. The van der Waals surface area contributed by atoms with Gasteiger partial charge in [0, 0.05) is 23.3 Å². The number of hydrogen-bond donors (Lipinski definition) is 2. The summed E-state index contributed by atoms with van der Waals surface area (Å²) in [6, 6.07) is 22.3. The Labute approximate surface area is 223 Å². The maximum absolute atomic E-state index is 5.19. The molecule has 1 saturated carbocycles. The first-order chi connectivity index (χ1) is 17.9. The van der Waals surface area contributed by atoms with Crippen LogP contribution in [0.3, 0.4) is 0 Å². The van der Waals surface area contributed by atoms with E-state index in [0.717, 1.165) is 17.9 Å². The van der Waals surface area contributed by atoms with Crippen LogP contribution in [-0.2, 0) is 6.54 Å². The number of fused-ring (bicyclic) bond motifs is 1. The van der Waals surface area contributed by atoms with Crippen LogP contribution in [0, 0.1) is 18.8 Å². The molecule has 3 atom stereocenters. The summed E-state index contributed by atoms with van der Waals surface area (Å²) >= 11 is 0. The van der Waals surface area contributed by atoms with Crippen molar-refractivity contribution in [3.63, 3.8) is 0 Å². The van der Waals surface area contributed by atoms with E-state index in [0.29, 0.717) is 29.7 Å². The fraction of sp³-hybridized carbons (Fsp3) is 0.382. The van der Waals surface area contributed by atoms with Crippen LogP contribution in [-0.4, -0.2) is 11.0 Å². The zero-order valence-electron chi connectivity index (χ0n) is 23.0. The van der Waals surface area contributed by atoms with Crippen LogP contribution < -0.4 is 10.6 Å². The van der Waals surface area contributed by atoms with Crippen LogP contribution in [0.1, 0.15) is 80.5 Å². The molecule has 2 aliphatic rings. The lowest BCUT2D eigenvalue weighted by molar-refractivity contribution is 0.537. The molecule has 3 heteroatoms. The Bertz CT molecular complexity index is 1270. The topological polar surface area (TPSA) is 37.0 Å². The van der Waals surface area contributed by atoms with Crippen molar-refractivity contribution in [2.24, 2.45) is 11.8 Å². The van der Waals surface area contributed by atoms with Crippen LogP contribution in [0.15, 0.2) is 78.9 Å². The third-order valence-corrected chi connectivity index (χ3v) is 8.11. The minimum Gasteiger partial charge on any atom is -0.381 e. The highest BCUT2D eigenvalue weighted by Crippen LogP contribution is 2.45. The average Bonchev–Trinajstić information content (AvgIpc) is 3.31. The number of rotatable bonds is 8. The Kier molecular flexibility index (Phi) is 7.50. The zero-order chi connectivity index (χ0) is 25.9. The van der Waals surface area contributed by atoms with Gasteiger partial charge in [0.15, 0.2) is 0 Å². The van der Waals surface area contributed by atoms with Gasteiger partial charge in [-0.15, -0.1) is 0 Å². The quantitative estimate of drug-likeness (QED) is 0.331. The molecule has 1 heterocycles. The first kappa shape index (κ1) is 25.3. The van der Waals surface area contributed by atoms with Crippen molar-refractivity contribution >= 4 is 16.9 Å². The lowest BCUT2D eigenvalue weighted by Gasteiger charge is -2.30. The van der Waals surface area contributed by atoms with Crippen molar-refractivity contribution in [1.82, 2.24) is 4.98 Å². The van der Waals surface area contributed by atoms with E-state index in [-0.39, 0.29) is 0 Å². The van der Waals surface area contributed by atoms with Gasteiger partial charge in [0.25, 0.3) is 0 Å². The van der Waals surface area contributed by atoms with Gasteiger partial charge in [0.1, 0.15) is 0 Å². The van der Waals surface area contributed by atoms with E-state index in [1.54, 1.807) is 0 Å². The number of anilines is 2. The highest BCUT2D eigenvalue weighted by atomic mass is 14.9. The maximum atomic E-state index is 5.19. The highest BCUT2D eigenvalue weighted by Gasteiger charge is 2.39. The number of benzene rings is 2. The summed E-state index contributed by atoms with van der Waals surface area (Å²) in [7, 11) is 0. The van der Waals surface area contributed by atoms with Crippen molar-refractivity contribution in [2.75, 3.05) is 10.6 Å². The molecule has 37 heavy (non-hydrogen) atoms. The van der Waals surface area contributed by atoms with Crippen molar-refractivity contribution in [2.45, 2.75) is 71.9 Å². The maximum Gasteiger partial charge on any atom is 0.0669 e. The van der Waals surface area contributed by atoms with E-state index in [1.807, 2.05) is 0 Å². The van der Waals surface area contributed by atoms with E-state index in [9.17, 15) is 0 Å². The predicted octanol–water partition coefficient (Wildman–Crippen LogP) is 8.71. The predicted molar refractivity (Wildman–Crippen MR) is 158 cm³/mol. The summed E-state index contributed by atoms with van der Waals surface area (Å²) in [5.41, 5.74) is 10.1. The number of nitrogens with zero attached hydrogens (tertiary/aromatic N) is 1. The second-order valence-corrected chi connectivity index (χ2v) is 11.3. The molecule has 0 bridgehead atoms. The molecule has 0 radical (unpaired) electrons. The SMILES string of the molecule is Cc1ccccc1NC1CCC2C=CC=C(c3cccc(CNc4c(C(C)C)cccc4C(C)C)n3)C21. The highest BCUT2D eigenvalue weighted by molar-refractivity contribution is 5.70. The molecule has 1 fully saturated rings. The molecule has 3 aromatic rings. The van der Waals surface area contributed by atoms with Crippen LogP contribution in [0.2, 0.25) is 0 Å². The minimum absolute atomic E-state index is 0.414. The van der Waals surface area contributed by atoms with Crippen LogP contribution in [0.4, 0.5) is 11.4 Å². The number of pyridine rings is 1. The molecule has 2 aromatic carbocycles. The summed E-state index contributed by atoms with van der Waals surface area (Å²) in [5, 5.41) is 7.66. The number of allylic oxidation sites excluding steroid dienone is 3. The van der Waals surface area contributed by atoms with E-state index in [4.69, 9.17) is 4.98 Å². The van der Waals surface area contributed by atoms with Gasteiger partial charge in [-0.2, -0.15) is 0 Å².